The third kappa shape index (κ3) is 2.22. The van der Waals surface area contributed by atoms with Crippen LogP contribution in [0, 0.1) is 0 Å². The van der Waals surface area contributed by atoms with Gasteiger partial charge in [-0.05, 0) is 6.07 Å². The highest BCUT2D eigenvalue weighted by molar-refractivity contribution is 7.95. The summed E-state index contributed by atoms with van der Waals surface area (Å²) in [6.07, 6.45) is 2.04. The van der Waals surface area contributed by atoms with Gasteiger partial charge in [0.2, 0.25) is 0 Å². The van der Waals surface area contributed by atoms with Gasteiger partial charge in [0, 0.05) is 22.6 Å². The first-order valence-electron chi connectivity index (χ1n) is 4.63. The summed E-state index contributed by atoms with van der Waals surface area (Å²) in [5, 5.41) is 0.473. The number of benzene rings is 1. The number of fused-ring (bicyclic) bond motifs is 1. The molecule has 1 heterocycles. The van der Waals surface area contributed by atoms with Gasteiger partial charge in [-0.3, -0.25) is 0 Å². The zero-order valence-corrected chi connectivity index (χ0v) is 11.6. The zero-order chi connectivity index (χ0) is 12.8. The number of sulfone groups is 2. The molecule has 1 aromatic carbocycles. The lowest BCUT2D eigenvalue weighted by atomic mass is 10.3. The SMILES string of the molecule is CS(=O)(=O)c1sc2ccccc2c1S(C)(=O)=O. The van der Waals surface area contributed by atoms with Gasteiger partial charge in [0.1, 0.15) is 9.10 Å². The fourth-order valence-electron chi connectivity index (χ4n) is 1.59. The number of hydrogen-bond donors (Lipinski definition) is 0. The maximum atomic E-state index is 11.7. The molecule has 7 heteroatoms. The molecule has 0 unspecified atom stereocenters. The Kier molecular flexibility index (Phi) is 2.80. The quantitative estimate of drug-likeness (QED) is 0.844. The Balaban J connectivity index is 3.05. The minimum Gasteiger partial charge on any atom is -0.224 e. The van der Waals surface area contributed by atoms with Gasteiger partial charge in [0.15, 0.2) is 19.7 Å². The second-order valence-corrected chi connectivity index (χ2v) is 8.97. The summed E-state index contributed by atoms with van der Waals surface area (Å²) in [5.41, 5.74) is 0. The van der Waals surface area contributed by atoms with Crippen molar-refractivity contribution < 1.29 is 16.8 Å². The number of rotatable bonds is 2. The molecule has 0 aliphatic rings. The van der Waals surface area contributed by atoms with E-state index in [0.29, 0.717) is 10.1 Å². The lowest BCUT2D eigenvalue weighted by molar-refractivity contribution is 0.592. The van der Waals surface area contributed by atoms with Gasteiger partial charge >= 0.3 is 0 Å². The molecule has 2 rings (SSSR count). The molecule has 0 saturated heterocycles. The van der Waals surface area contributed by atoms with Crippen LogP contribution in [0.1, 0.15) is 0 Å². The minimum atomic E-state index is -3.57. The van der Waals surface area contributed by atoms with Crippen molar-refractivity contribution in [2.75, 3.05) is 12.5 Å². The summed E-state index contributed by atoms with van der Waals surface area (Å²) in [4.78, 5) is -0.0828. The molecule has 0 spiro atoms. The maximum Gasteiger partial charge on any atom is 0.186 e. The van der Waals surface area contributed by atoms with Crippen molar-refractivity contribution in [1.29, 1.82) is 0 Å². The van der Waals surface area contributed by atoms with Crippen LogP contribution in [0.15, 0.2) is 33.4 Å². The normalized spacial score (nSPS) is 13.1. The smallest absolute Gasteiger partial charge is 0.186 e. The predicted octanol–water partition coefficient (Wildman–Crippen LogP) is 1.71. The zero-order valence-electron chi connectivity index (χ0n) is 9.17. The third-order valence-electron chi connectivity index (χ3n) is 2.23. The highest BCUT2D eigenvalue weighted by atomic mass is 32.2. The molecule has 2 aromatic rings. The summed E-state index contributed by atoms with van der Waals surface area (Å²) in [6, 6.07) is 6.77. The van der Waals surface area contributed by atoms with E-state index < -0.39 is 19.7 Å². The fraction of sp³-hybridized carbons (Fsp3) is 0.200. The van der Waals surface area contributed by atoms with Crippen molar-refractivity contribution in [2.45, 2.75) is 9.10 Å². The van der Waals surface area contributed by atoms with Crippen molar-refractivity contribution >= 4 is 41.1 Å². The van der Waals surface area contributed by atoms with Gasteiger partial charge in [0.25, 0.3) is 0 Å². The summed E-state index contributed by atoms with van der Waals surface area (Å²) in [7, 11) is -7.11. The van der Waals surface area contributed by atoms with Crippen LogP contribution in [0.4, 0.5) is 0 Å². The van der Waals surface area contributed by atoms with Crippen molar-refractivity contribution in [3.05, 3.63) is 24.3 Å². The molecule has 0 radical (unpaired) electrons. The summed E-state index contributed by atoms with van der Waals surface area (Å²) in [6.45, 7) is 0. The lowest BCUT2D eigenvalue weighted by Crippen LogP contribution is -2.04. The van der Waals surface area contributed by atoms with E-state index in [1.807, 2.05) is 0 Å². The molecule has 92 valence electrons. The largest absolute Gasteiger partial charge is 0.224 e. The average Bonchev–Trinajstić information content (AvgIpc) is 2.54. The van der Waals surface area contributed by atoms with Crippen molar-refractivity contribution in [1.82, 2.24) is 0 Å². The van der Waals surface area contributed by atoms with Crippen LogP contribution in [-0.2, 0) is 19.7 Å². The first kappa shape index (κ1) is 12.5. The van der Waals surface area contributed by atoms with Gasteiger partial charge in [-0.1, -0.05) is 18.2 Å². The molecule has 0 aliphatic carbocycles. The Morgan fingerprint density at radius 2 is 1.53 bits per heavy atom. The highest BCUT2D eigenvalue weighted by Gasteiger charge is 2.26. The van der Waals surface area contributed by atoms with Crippen LogP contribution in [0.2, 0.25) is 0 Å². The molecule has 0 aliphatic heterocycles. The first-order valence-corrected chi connectivity index (χ1v) is 9.23. The number of hydrogen-bond acceptors (Lipinski definition) is 5. The van der Waals surface area contributed by atoms with E-state index in [4.69, 9.17) is 0 Å². The molecule has 0 amide bonds. The Labute approximate surface area is 104 Å². The van der Waals surface area contributed by atoms with Crippen LogP contribution in [0.25, 0.3) is 10.1 Å². The van der Waals surface area contributed by atoms with Gasteiger partial charge in [-0.15, -0.1) is 11.3 Å². The summed E-state index contributed by atoms with van der Waals surface area (Å²) >= 11 is 0.991. The Hall–Kier alpha value is -0.920. The molecule has 4 nitrogen and oxygen atoms in total. The predicted molar refractivity (Wildman–Crippen MR) is 68.0 cm³/mol. The van der Waals surface area contributed by atoms with E-state index in [-0.39, 0.29) is 9.10 Å². The van der Waals surface area contributed by atoms with Crippen molar-refractivity contribution in [2.24, 2.45) is 0 Å². The molecule has 1 aromatic heterocycles. The van der Waals surface area contributed by atoms with Gasteiger partial charge in [-0.2, -0.15) is 0 Å². The lowest BCUT2D eigenvalue weighted by Gasteiger charge is -1.99. The Morgan fingerprint density at radius 1 is 0.941 bits per heavy atom. The van der Waals surface area contributed by atoms with Gasteiger partial charge < -0.3 is 0 Å². The monoisotopic (exact) mass is 290 g/mol. The van der Waals surface area contributed by atoms with Crippen LogP contribution in [0.3, 0.4) is 0 Å². The highest BCUT2D eigenvalue weighted by Crippen LogP contribution is 2.37. The van der Waals surface area contributed by atoms with Crippen molar-refractivity contribution in [3.8, 4) is 0 Å². The second kappa shape index (κ2) is 3.79. The molecular weight excluding hydrogens is 280 g/mol. The first-order chi connectivity index (χ1) is 7.71. The molecule has 0 atom stereocenters. The topological polar surface area (TPSA) is 68.3 Å². The van der Waals surface area contributed by atoms with E-state index in [1.165, 1.54) is 0 Å². The number of thiophene rings is 1. The van der Waals surface area contributed by atoms with E-state index in [1.54, 1.807) is 24.3 Å². The third-order valence-corrected chi connectivity index (χ3v) is 6.65. The molecule has 0 saturated carbocycles. The molecule has 17 heavy (non-hydrogen) atoms. The van der Waals surface area contributed by atoms with Crippen LogP contribution >= 0.6 is 11.3 Å². The summed E-state index contributed by atoms with van der Waals surface area (Å²) < 4.78 is 47.2. The Bertz CT molecular complexity index is 782. The molecular formula is C10H10O4S3. The fourth-order valence-corrected chi connectivity index (χ4v) is 6.18. The van der Waals surface area contributed by atoms with Crippen molar-refractivity contribution in [3.63, 3.8) is 0 Å². The van der Waals surface area contributed by atoms with E-state index in [2.05, 4.69) is 0 Å². The van der Waals surface area contributed by atoms with Crippen LogP contribution < -0.4 is 0 Å². The van der Waals surface area contributed by atoms with Crippen LogP contribution in [0.5, 0.6) is 0 Å². The Morgan fingerprint density at radius 3 is 2.06 bits per heavy atom. The molecule has 0 N–H and O–H groups in total. The van der Waals surface area contributed by atoms with Gasteiger partial charge in [0.05, 0.1) is 0 Å². The standard InChI is InChI=1S/C10H10O4S3/c1-16(11,12)9-7-5-3-4-6-8(7)15-10(9)17(2,13)14/h3-6H,1-2H3. The maximum absolute atomic E-state index is 11.7. The molecule has 0 fully saturated rings. The van der Waals surface area contributed by atoms with Crippen LogP contribution in [-0.4, -0.2) is 29.3 Å². The van der Waals surface area contributed by atoms with E-state index in [0.717, 1.165) is 23.8 Å². The van der Waals surface area contributed by atoms with E-state index >= 15 is 0 Å². The average molecular weight is 290 g/mol. The molecule has 0 bridgehead atoms. The summed E-state index contributed by atoms with van der Waals surface area (Å²) in [5.74, 6) is 0. The second-order valence-electron chi connectivity index (χ2n) is 3.76. The minimum absolute atomic E-state index is 0.0822. The van der Waals surface area contributed by atoms with E-state index in [9.17, 15) is 16.8 Å². The van der Waals surface area contributed by atoms with Gasteiger partial charge in [-0.25, -0.2) is 16.8 Å².